The molecule has 0 fully saturated rings. The average Bonchev–Trinajstić information content (AvgIpc) is 2.03. The largest absolute Gasteiger partial charge is 0.468 e. The van der Waals surface area contributed by atoms with Crippen LogP contribution in [-0.4, -0.2) is 29.3 Å². The number of rotatable bonds is 3. The number of esters is 1. The van der Waals surface area contributed by atoms with Crippen molar-refractivity contribution < 1.29 is 14.3 Å². The summed E-state index contributed by atoms with van der Waals surface area (Å²) in [4.78, 5) is 10.9. The highest BCUT2D eigenvalue weighted by molar-refractivity contribution is 8.18. The van der Waals surface area contributed by atoms with E-state index in [4.69, 9.17) is 4.74 Å². The van der Waals surface area contributed by atoms with Crippen molar-refractivity contribution in [3.63, 3.8) is 0 Å². The summed E-state index contributed by atoms with van der Waals surface area (Å²) in [5, 5.41) is -0.214. The number of thiol groups is 2. The van der Waals surface area contributed by atoms with E-state index in [-0.39, 0.29) is 11.2 Å². The Kier molecular flexibility index (Phi) is 6.51. The van der Waals surface area contributed by atoms with Crippen LogP contribution in [0.1, 0.15) is 13.8 Å². The summed E-state index contributed by atoms with van der Waals surface area (Å²) in [7, 11) is 1.37. The van der Waals surface area contributed by atoms with E-state index in [1.807, 2.05) is 6.92 Å². The smallest absolute Gasteiger partial charge is 0.317 e. The van der Waals surface area contributed by atoms with Crippen LogP contribution in [0, 0.1) is 0 Å². The van der Waals surface area contributed by atoms with Gasteiger partial charge in [-0.15, -0.1) is 12.6 Å². The highest BCUT2D eigenvalue weighted by Crippen LogP contribution is 2.07. The van der Waals surface area contributed by atoms with Gasteiger partial charge in [-0.3, -0.25) is 4.79 Å². The monoisotopic (exact) mass is 210 g/mol. The summed E-state index contributed by atoms with van der Waals surface area (Å²) in [5.41, 5.74) is 0. The maximum atomic E-state index is 10.9. The van der Waals surface area contributed by atoms with Gasteiger partial charge in [0.2, 0.25) is 0 Å². The summed E-state index contributed by atoms with van der Waals surface area (Å²) in [6.07, 6.45) is 0. The summed E-state index contributed by atoms with van der Waals surface area (Å²) in [6, 6.07) is 0. The van der Waals surface area contributed by atoms with Gasteiger partial charge in [-0.05, 0) is 13.8 Å². The van der Waals surface area contributed by atoms with E-state index in [1.54, 1.807) is 6.92 Å². The minimum absolute atomic E-state index is 0.214. The van der Waals surface area contributed by atoms with Crippen LogP contribution in [0.15, 0.2) is 0 Å². The summed E-state index contributed by atoms with van der Waals surface area (Å²) >= 11 is 4.81. The van der Waals surface area contributed by atoms with Crippen molar-refractivity contribution in [1.82, 2.24) is 0 Å². The fraction of sp³-hybridized carbons (Fsp3) is 0.714. The van der Waals surface area contributed by atoms with Gasteiger partial charge in [-0.1, -0.05) is 0 Å². The first kappa shape index (κ1) is 12.0. The Hall–Kier alpha value is -0.000000000000000111. The Balaban J connectivity index is 4.03. The molecule has 0 saturated heterocycles. The zero-order valence-electron chi connectivity index (χ0n) is 7.40. The van der Waals surface area contributed by atoms with E-state index in [0.29, 0.717) is 11.0 Å². The fourth-order valence-corrected chi connectivity index (χ4v) is 1.95. The quantitative estimate of drug-likeness (QED) is 0.415. The SMILES string of the molecule is CCOC(S)=[SH]C(C)C(=O)OC. The Morgan fingerprint density at radius 3 is 2.67 bits per heavy atom. The lowest BCUT2D eigenvalue weighted by Crippen LogP contribution is -2.14. The Morgan fingerprint density at radius 1 is 1.67 bits per heavy atom. The van der Waals surface area contributed by atoms with Crippen molar-refractivity contribution in [2.45, 2.75) is 19.1 Å². The predicted octanol–water partition coefficient (Wildman–Crippen LogP) is 1.07. The lowest BCUT2D eigenvalue weighted by Gasteiger charge is -2.05. The highest BCUT2D eigenvalue weighted by Gasteiger charge is 2.09. The second kappa shape index (κ2) is 6.51. The van der Waals surface area contributed by atoms with E-state index in [1.165, 1.54) is 7.11 Å². The zero-order chi connectivity index (χ0) is 9.56. The second-order valence-corrected chi connectivity index (χ2v) is 4.24. The fourth-order valence-electron chi connectivity index (χ4n) is 0.555. The molecule has 72 valence electrons. The van der Waals surface area contributed by atoms with Crippen molar-refractivity contribution >= 4 is 34.3 Å². The Labute approximate surface area is 81.8 Å². The van der Waals surface area contributed by atoms with Crippen LogP contribution in [0.5, 0.6) is 0 Å². The topological polar surface area (TPSA) is 35.5 Å². The molecule has 0 aromatic rings. The number of hydrogen-bond donors (Lipinski definition) is 2. The Bertz CT molecular complexity index is 179. The molecule has 0 N–H and O–H groups in total. The second-order valence-electron chi connectivity index (χ2n) is 2.04. The molecule has 0 rings (SSSR count). The normalized spacial score (nSPS) is 14.8. The molecule has 0 aromatic carbocycles. The summed E-state index contributed by atoms with van der Waals surface area (Å²) in [5.74, 6) is -0.247. The van der Waals surface area contributed by atoms with Crippen LogP contribution in [0.4, 0.5) is 0 Å². The summed E-state index contributed by atoms with van der Waals surface area (Å²) in [6.45, 7) is 4.21. The number of ether oxygens (including phenoxy) is 2. The van der Waals surface area contributed by atoms with Gasteiger partial charge < -0.3 is 9.47 Å². The van der Waals surface area contributed by atoms with E-state index in [0.717, 1.165) is 11.4 Å². The van der Waals surface area contributed by atoms with Crippen molar-refractivity contribution in [3.05, 3.63) is 0 Å². The molecule has 0 aromatic heterocycles. The minimum Gasteiger partial charge on any atom is -0.468 e. The molecule has 0 radical (unpaired) electrons. The first-order valence-corrected chi connectivity index (χ1v) is 5.00. The van der Waals surface area contributed by atoms with E-state index in [2.05, 4.69) is 17.4 Å². The first-order valence-electron chi connectivity index (χ1n) is 3.59. The molecule has 12 heavy (non-hydrogen) atoms. The molecule has 0 bridgehead atoms. The van der Waals surface area contributed by atoms with Gasteiger partial charge >= 0.3 is 5.97 Å². The molecular weight excluding hydrogens is 196 g/mol. The first-order chi connectivity index (χ1) is 5.61. The lowest BCUT2D eigenvalue weighted by molar-refractivity contribution is -0.139. The molecule has 1 atom stereocenters. The van der Waals surface area contributed by atoms with E-state index in [9.17, 15) is 4.79 Å². The van der Waals surface area contributed by atoms with Crippen molar-refractivity contribution in [1.29, 1.82) is 0 Å². The number of carbonyl (C=O) groups excluding carboxylic acids is 1. The third-order valence-electron chi connectivity index (χ3n) is 1.12. The van der Waals surface area contributed by atoms with Gasteiger partial charge in [0, 0.05) is 0 Å². The molecule has 0 aliphatic carbocycles. The average molecular weight is 210 g/mol. The third-order valence-corrected chi connectivity index (χ3v) is 2.54. The van der Waals surface area contributed by atoms with Crippen molar-refractivity contribution in [3.8, 4) is 0 Å². The molecule has 1 unspecified atom stereocenters. The van der Waals surface area contributed by atoms with Crippen LogP contribution in [0.3, 0.4) is 0 Å². The zero-order valence-corrected chi connectivity index (χ0v) is 9.19. The molecule has 5 heteroatoms. The van der Waals surface area contributed by atoms with Crippen LogP contribution in [0.25, 0.3) is 0 Å². The van der Waals surface area contributed by atoms with E-state index < -0.39 is 0 Å². The minimum atomic E-state index is -0.247. The molecule has 0 spiro atoms. The molecule has 3 nitrogen and oxygen atoms in total. The van der Waals surface area contributed by atoms with Gasteiger partial charge in [-0.2, -0.15) is 11.4 Å². The predicted molar refractivity (Wildman–Crippen MR) is 56.1 cm³/mol. The van der Waals surface area contributed by atoms with Gasteiger partial charge in [-0.25, -0.2) is 0 Å². The van der Waals surface area contributed by atoms with Crippen LogP contribution >= 0.6 is 24.0 Å². The third kappa shape index (κ3) is 4.79. The Morgan fingerprint density at radius 2 is 2.25 bits per heavy atom. The molecular formula is C7H14O3S2. The highest BCUT2D eigenvalue weighted by atomic mass is 32.2. The van der Waals surface area contributed by atoms with Crippen molar-refractivity contribution in [2.24, 2.45) is 0 Å². The maximum Gasteiger partial charge on any atom is 0.317 e. The lowest BCUT2D eigenvalue weighted by atomic mass is 10.5. The molecule has 0 aliphatic heterocycles. The van der Waals surface area contributed by atoms with Gasteiger partial charge in [0.1, 0.15) is 4.38 Å². The van der Waals surface area contributed by atoms with Crippen molar-refractivity contribution in [2.75, 3.05) is 13.7 Å². The molecule has 0 amide bonds. The molecule has 0 saturated carbocycles. The van der Waals surface area contributed by atoms with Crippen LogP contribution in [0.2, 0.25) is 0 Å². The van der Waals surface area contributed by atoms with Gasteiger partial charge in [0.15, 0.2) is 0 Å². The van der Waals surface area contributed by atoms with Crippen LogP contribution < -0.4 is 0 Å². The number of carbonyl (C=O) groups is 1. The summed E-state index contributed by atoms with van der Waals surface area (Å²) < 4.78 is 10.2. The standard InChI is InChI=1S/C7H14O3S2/c1-4-10-7(11)12-5(2)6(8)9-3/h5,11-12H,4H2,1-3H3. The molecule has 0 aliphatic rings. The van der Waals surface area contributed by atoms with E-state index >= 15 is 0 Å². The number of methoxy groups -OCH3 is 1. The van der Waals surface area contributed by atoms with Gasteiger partial charge in [0.25, 0.3) is 0 Å². The molecule has 0 heterocycles. The van der Waals surface area contributed by atoms with Crippen LogP contribution in [-0.2, 0) is 14.3 Å². The number of hydrogen-bond acceptors (Lipinski definition) is 3. The van der Waals surface area contributed by atoms with Gasteiger partial charge in [0.05, 0.1) is 19.0 Å². The maximum absolute atomic E-state index is 10.9.